The van der Waals surface area contributed by atoms with Gasteiger partial charge in [0.25, 0.3) is 0 Å². The van der Waals surface area contributed by atoms with Gasteiger partial charge in [0, 0.05) is 0 Å². The molecule has 1 amide bonds. The zero-order chi connectivity index (χ0) is 50.0. The van der Waals surface area contributed by atoms with Gasteiger partial charge in [-0.2, -0.15) is 0 Å². The first-order chi connectivity index (χ1) is 34.1. The first-order valence-electron chi connectivity index (χ1n) is 32.0. The van der Waals surface area contributed by atoms with Crippen molar-refractivity contribution in [2.75, 3.05) is 6.61 Å². The minimum absolute atomic E-state index is 0.309. The molecule has 0 spiro atoms. The van der Waals surface area contributed by atoms with E-state index in [1.54, 1.807) is 0 Å². The van der Waals surface area contributed by atoms with Gasteiger partial charge in [-0.25, -0.2) is 0 Å². The lowest BCUT2D eigenvalue weighted by atomic mass is 10.0. The highest BCUT2D eigenvalue weighted by Gasteiger charge is 2.23. The summed E-state index contributed by atoms with van der Waals surface area (Å²) >= 11 is 0. The number of hydrogen-bond acceptors (Lipinski definition) is 4. The highest BCUT2D eigenvalue weighted by molar-refractivity contribution is 5.80. The minimum atomic E-state index is -1.07. The van der Waals surface area contributed by atoms with Gasteiger partial charge in [0.1, 0.15) is 6.10 Å². The minimum Gasteiger partial charge on any atom is -0.394 e. The van der Waals surface area contributed by atoms with Crippen LogP contribution in [0.5, 0.6) is 0 Å². The van der Waals surface area contributed by atoms with Crippen molar-refractivity contribution in [2.24, 2.45) is 0 Å². The second-order valence-electron chi connectivity index (χ2n) is 22.3. The van der Waals surface area contributed by atoms with Gasteiger partial charge in [0.2, 0.25) is 5.91 Å². The molecule has 0 aromatic carbocycles. The van der Waals surface area contributed by atoms with Crippen LogP contribution >= 0.6 is 0 Å². The van der Waals surface area contributed by atoms with E-state index in [0.29, 0.717) is 12.8 Å². The Morgan fingerprint density at radius 2 is 0.551 bits per heavy atom. The van der Waals surface area contributed by atoms with Crippen LogP contribution in [0.2, 0.25) is 0 Å². The van der Waals surface area contributed by atoms with Crippen molar-refractivity contribution in [1.29, 1.82) is 0 Å². The van der Waals surface area contributed by atoms with Crippen molar-refractivity contribution in [3.05, 3.63) is 12.2 Å². The van der Waals surface area contributed by atoms with Crippen molar-refractivity contribution >= 4 is 5.91 Å². The number of unbranched alkanes of at least 4 members (excludes halogenated alkanes) is 50. The van der Waals surface area contributed by atoms with Crippen LogP contribution in [0, 0.1) is 0 Å². The van der Waals surface area contributed by atoms with Crippen molar-refractivity contribution in [2.45, 2.75) is 385 Å². The second-order valence-corrected chi connectivity index (χ2v) is 22.3. The molecule has 0 aliphatic carbocycles. The van der Waals surface area contributed by atoms with Crippen LogP contribution in [0.4, 0.5) is 0 Å². The van der Waals surface area contributed by atoms with Crippen molar-refractivity contribution in [3.8, 4) is 0 Å². The SMILES string of the molecule is CCCCCCCCCCCCCC/C=C\CCCCCCCCCCCCCCCCCC(O)C(=O)NC(CO)C(O)CCCCCCCCCCCCCCCCCCCCCCCCCC. The standard InChI is InChI=1S/C64H127NO4/c1-3-5-7-9-11-13-15-17-19-21-23-25-27-29-30-31-32-33-34-35-37-39-41-43-45-47-49-51-53-55-57-59-63(68)64(69)65-61(60-66)62(67)58-56-54-52-50-48-46-44-42-40-38-36-28-26-24-22-20-18-16-14-12-10-8-6-4-2/h29-30,61-63,66-68H,3-28,31-60H2,1-2H3,(H,65,69)/b30-29-. The van der Waals surface area contributed by atoms with Crippen LogP contribution in [-0.2, 0) is 4.79 Å². The van der Waals surface area contributed by atoms with E-state index in [9.17, 15) is 20.1 Å². The molecule has 0 aliphatic heterocycles. The van der Waals surface area contributed by atoms with E-state index in [0.717, 1.165) is 32.1 Å². The Morgan fingerprint density at radius 1 is 0.333 bits per heavy atom. The smallest absolute Gasteiger partial charge is 0.249 e. The summed E-state index contributed by atoms with van der Waals surface area (Å²) in [6.45, 7) is 4.28. The first kappa shape index (κ1) is 68.1. The molecular formula is C64H127NO4. The van der Waals surface area contributed by atoms with Crippen LogP contribution in [0.3, 0.4) is 0 Å². The number of carbonyl (C=O) groups excluding carboxylic acids is 1. The van der Waals surface area contributed by atoms with Gasteiger partial charge in [0.05, 0.1) is 18.8 Å². The normalized spacial score (nSPS) is 13.2. The fourth-order valence-corrected chi connectivity index (χ4v) is 10.4. The second kappa shape index (κ2) is 59.7. The Labute approximate surface area is 433 Å². The summed E-state index contributed by atoms with van der Waals surface area (Å²) in [5, 5.41) is 33.7. The lowest BCUT2D eigenvalue weighted by Gasteiger charge is -2.23. The predicted octanol–water partition coefficient (Wildman–Crippen LogP) is 20.2. The largest absolute Gasteiger partial charge is 0.394 e. The Balaban J connectivity index is 3.47. The van der Waals surface area contributed by atoms with Gasteiger partial charge in [0.15, 0.2) is 0 Å². The van der Waals surface area contributed by atoms with Crippen LogP contribution in [0.25, 0.3) is 0 Å². The van der Waals surface area contributed by atoms with Gasteiger partial charge >= 0.3 is 0 Å². The molecule has 0 saturated heterocycles. The summed E-state index contributed by atoms with van der Waals surface area (Å²) in [6, 6.07) is -0.710. The molecule has 0 aromatic rings. The Hall–Kier alpha value is -0.910. The number of nitrogens with one attached hydrogen (secondary N) is 1. The van der Waals surface area contributed by atoms with Crippen molar-refractivity contribution < 1.29 is 20.1 Å². The molecule has 0 bridgehead atoms. The topological polar surface area (TPSA) is 89.8 Å². The molecule has 4 N–H and O–H groups in total. The molecule has 5 heteroatoms. The van der Waals surface area contributed by atoms with E-state index < -0.39 is 24.2 Å². The zero-order valence-electron chi connectivity index (χ0n) is 47.2. The van der Waals surface area contributed by atoms with E-state index in [4.69, 9.17) is 0 Å². The van der Waals surface area contributed by atoms with Gasteiger partial charge in [-0.05, 0) is 38.5 Å². The molecular weight excluding hydrogens is 847 g/mol. The number of rotatable bonds is 60. The molecule has 0 saturated carbocycles. The fraction of sp³-hybridized carbons (Fsp3) is 0.953. The highest BCUT2D eigenvalue weighted by atomic mass is 16.3. The Morgan fingerprint density at radius 3 is 0.797 bits per heavy atom. The summed E-state index contributed by atoms with van der Waals surface area (Å²) < 4.78 is 0. The number of aliphatic hydroxyl groups excluding tert-OH is 3. The monoisotopic (exact) mass is 974 g/mol. The molecule has 0 aromatic heterocycles. The Bertz CT molecular complexity index is 987. The summed E-state index contributed by atoms with van der Waals surface area (Å²) in [4.78, 5) is 12.6. The molecule has 3 unspecified atom stereocenters. The zero-order valence-corrected chi connectivity index (χ0v) is 47.2. The Kier molecular flexibility index (Phi) is 58.9. The molecule has 0 radical (unpaired) electrons. The van der Waals surface area contributed by atoms with E-state index in [1.807, 2.05) is 0 Å². The van der Waals surface area contributed by atoms with Gasteiger partial charge < -0.3 is 20.6 Å². The quantitative estimate of drug-likeness (QED) is 0.0361. The molecule has 3 atom stereocenters. The predicted molar refractivity (Wildman–Crippen MR) is 305 cm³/mol. The van der Waals surface area contributed by atoms with Crippen LogP contribution < -0.4 is 5.32 Å². The number of aliphatic hydroxyl groups is 3. The third-order valence-corrected chi connectivity index (χ3v) is 15.4. The van der Waals surface area contributed by atoms with Gasteiger partial charge in [-0.15, -0.1) is 0 Å². The maximum absolute atomic E-state index is 12.6. The highest BCUT2D eigenvalue weighted by Crippen LogP contribution is 2.19. The molecule has 0 rings (SSSR count). The van der Waals surface area contributed by atoms with E-state index in [2.05, 4.69) is 31.3 Å². The number of carbonyl (C=O) groups is 1. The number of hydrogen-bond donors (Lipinski definition) is 4. The van der Waals surface area contributed by atoms with Crippen LogP contribution in [-0.4, -0.2) is 46.1 Å². The van der Waals surface area contributed by atoms with Crippen molar-refractivity contribution in [3.63, 3.8) is 0 Å². The summed E-state index contributed by atoms with van der Waals surface area (Å²) in [5.74, 6) is -0.462. The maximum Gasteiger partial charge on any atom is 0.249 e. The molecule has 0 fully saturated rings. The maximum atomic E-state index is 12.6. The summed E-state index contributed by atoms with van der Waals surface area (Å²) in [6.07, 6.45) is 75.8. The van der Waals surface area contributed by atoms with Crippen molar-refractivity contribution in [1.82, 2.24) is 5.32 Å². The number of allylic oxidation sites excluding steroid dienone is 2. The van der Waals surface area contributed by atoms with E-state index in [1.165, 1.54) is 308 Å². The van der Waals surface area contributed by atoms with Gasteiger partial charge in [-0.1, -0.05) is 341 Å². The lowest BCUT2D eigenvalue weighted by molar-refractivity contribution is -0.131. The third-order valence-electron chi connectivity index (χ3n) is 15.4. The fourth-order valence-electron chi connectivity index (χ4n) is 10.4. The molecule has 0 aliphatic rings. The van der Waals surface area contributed by atoms with Crippen LogP contribution in [0.15, 0.2) is 12.2 Å². The van der Waals surface area contributed by atoms with Gasteiger partial charge in [-0.3, -0.25) is 4.79 Å². The summed E-state index contributed by atoms with van der Waals surface area (Å²) in [5.41, 5.74) is 0. The molecule has 412 valence electrons. The summed E-state index contributed by atoms with van der Waals surface area (Å²) in [7, 11) is 0. The molecule has 69 heavy (non-hydrogen) atoms. The molecule has 5 nitrogen and oxygen atoms in total. The van der Waals surface area contributed by atoms with E-state index >= 15 is 0 Å². The third kappa shape index (κ3) is 54.7. The first-order valence-corrected chi connectivity index (χ1v) is 32.0. The van der Waals surface area contributed by atoms with E-state index in [-0.39, 0.29) is 6.61 Å². The number of amides is 1. The lowest BCUT2D eigenvalue weighted by Crippen LogP contribution is -2.49. The molecule has 0 heterocycles. The average molecular weight is 975 g/mol. The van der Waals surface area contributed by atoms with Crippen LogP contribution in [0.1, 0.15) is 367 Å². The average Bonchev–Trinajstić information content (AvgIpc) is 3.35.